The number of aryl methyl sites for hydroxylation is 2. The van der Waals surface area contributed by atoms with Crippen molar-refractivity contribution in [3.63, 3.8) is 0 Å². The van der Waals surface area contributed by atoms with E-state index in [0.29, 0.717) is 22.2 Å². The van der Waals surface area contributed by atoms with Crippen molar-refractivity contribution in [1.29, 1.82) is 0 Å². The van der Waals surface area contributed by atoms with E-state index >= 15 is 0 Å². The van der Waals surface area contributed by atoms with E-state index in [-0.39, 0.29) is 18.1 Å². The second kappa shape index (κ2) is 7.51. The Morgan fingerprint density at radius 1 is 1.09 bits per heavy atom. The zero-order chi connectivity index (χ0) is 22.5. The van der Waals surface area contributed by atoms with Crippen LogP contribution in [0.25, 0.3) is 22.1 Å². The number of hydrogen-bond acceptors (Lipinski definition) is 3. The average molecular weight is 443 g/mol. The number of benzene rings is 2. The van der Waals surface area contributed by atoms with Gasteiger partial charge in [-0.1, -0.05) is 24.3 Å². The lowest BCUT2D eigenvalue weighted by Crippen LogP contribution is -2.18. The van der Waals surface area contributed by atoms with Gasteiger partial charge in [0.1, 0.15) is 28.7 Å². The highest BCUT2D eigenvalue weighted by Crippen LogP contribution is 2.26. The Morgan fingerprint density at radius 3 is 2.85 bits per heavy atom. The van der Waals surface area contributed by atoms with Crippen LogP contribution < -0.4 is 5.32 Å². The van der Waals surface area contributed by atoms with Gasteiger partial charge in [-0.25, -0.2) is 18.7 Å². The van der Waals surface area contributed by atoms with Crippen molar-refractivity contribution in [2.75, 3.05) is 5.32 Å². The molecule has 5 aromatic rings. The van der Waals surface area contributed by atoms with Gasteiger partial charge in [0.2, 0.25) is 0 Å². The molecule has 0 spiro atoms. The highest BCUT2D eigenvalue weighted by atomic mass is 19.1. The van der Waals surface area contributed by atoms with Crippen molar-refractivity contribution in [2.45, 2.75) is 25.9 Å². The number of amides is 1. The maximum Gasteiger partial charge on any atom is 0.272 e. The lowest BCUT2D eigenvalue weighted by Gasteiger charge is -2.12. The third-order valence-electron chi connectivity index (χ3n) is 6.04. The summed E-state index contributed by atoms with van der Waals surface area (Å²) in [7, 11) is 0. The minimum absolute atomic E-state index is 0.149. The highest BCUT2D eigenvalue weighted by Gasteiger charge is 2.20. The van der Waals surface area contributed by atoms with E-state index in [2.05, 4.69) is 19.9 Å². The molecule has 0 bridgehead atoms. The van der Waals surface area contributed by atoms with E-state index in [0.717, 1.165) is 36.4 Å². The van der Waals surface area contributed by atoms with E-state index in [1.165, 1.54) is 18.2 Å². The minimum atomic E-state index is -0.446. The molecule has 4 heterocycles. The molecule has 6 rings (SSSR count). The third-order valence-corrected chi connectivity index (χ3v) is 6.04. The fourth-order valence-electron chi connectivity index (χ4n) is 4.59. The summed E-state index contributed by atoms with van der Waals surface area (Å²) in [5.74, 6) is -0.234. The number of pyridine rings is 1. The molecule has 1 aliphatic rings. The van der Waals surface area contributed by atoms with Crippen LogP contribution in [-0.4, -0.2) is 25.0 Å². The van der Waals surface area contributed by atoms with Crippen LogP contribution in [0.1, 0.15) is 28.3 Å². The van der Waals surface area contributed by atoms with E-state index < -0.39 is 11.7 Å². The number of nitrogens with zero attached hydrogens (tertiary/aromatic N) is 4. The van der Waals surface area contributed by atoms with Crippen LogP contribution in [0.4, 0.5) is 14.5 Å². The van der Waals surface area contributed by atoms with Gasteiger partial charge in [-0.05, 0) is 42.3 Å². The predicted octanol–water partition coefficient (Wildman–Crippen LogP) is 4.91. The largest absolute Gasteiger partial charge is 0.330 e. The second-order valence-electron chi connectivity index (χ2n) is 8.23. The van der Waals surface area contributed by atoms with Crippen LogP contribution in [0.5, 0.6) is 0 Å². The Morgan fingerprint density at radius 2 is 1.97 bits per heavy atom. The van der Waals surface area contributed by atoms with Crippen LogP contribution in [0.2, 0.25) is 0 Å². The minimum Gasteiger partial charge on any atom is -0.330 e. The standard InChI is InChI=1S/C25H19F2N5O/c26-17-6-1-4-15(10-17)14-32-21(11-16-5-2-7-19(27)23(16)32)25(33)29-18-12-20-24(28-13-18)31-9-3-8-22(31)30-20/h1-2,4-7,10-13H,3,8-9,14H2,(H,29,33). The smallest absolute Gasteiger partial charge is 0.272 e. The Bertz CT molecular complexity index is 1550. The average Bonchev–Trinajstić information content (AvgIpc) is 3.47. The molecule has 1 N–H and O–H groups in total. The molecule has 1 amide bonds. The summed E-state index contributed by atoms with van der Waals surface area (Å²) in [5, 5.41) is 3.46. The van der Waals surface area contributed by atoms with Gasteiger partial charge in [-0.15, -0.1) is 0 Å². The summed E-state index contributed by atoms with van der Waals surface area (Å²) in [4.78, 5) is 22.4. The topological polar surface area (TPSA) is 64.7 Å². The number of carbonyl (C=O) groups excluding carboxylic acids is 1. The van der Waals surface area contributed by atoms with Gasteiger partial charge in [-0.2, -0.15) is 0 Å². The normalized spacial score (nSPS) is 13.0. The molecule has 0 atom stereocenters. The quantitative estimate of drug-likeness (QED) is 0.429. The lowest BCUT2D eigenvalue weighted by atomic mass is 10.2. The zero-order valence-corrected chi connectivity index (χ0v) is 17.6. The summed E-state index contributed by atoms with van der Waals surface area (Å²) in [6.45, 7) is 1.05. The number of nitrogens with one attached hydrogen (secondary N) is 1. The summed E-state index contributed by atoms with van der Waals surface area (Å²) in [6.07, 6.45) is 3.59. The predicted molar refractivity (Wildman–Crippen MR) is 121 cm³/mol. The molecule has 0 unspecified atom stereocenters. The van der Waals surface area contributed by atoms with Crippen molar-refractivity contribution < 1.29 is 13.6 Å². The molecule has 33 heavy (non-hydrogen) atoms. The second-order valence-corrected chi connectivity index (χ2v) is 8.23. The Hall–Kier alpha value is -4.07. The van der Waals surface area contributed by atoms with Gasteiger partial charge >= 0.3 is 0 Å². The van der Waals surface area contributed by atoms with E-state index in [1.54, 1.807) is 47.2 Å². The molecule has 0 saturated carbocycles. The SMILES string of the molecule is O=C(Nc1cnc2c(c1)nc1n2CCC1)c1cc2cccc(F)c2n1Cc1cccc(F)c1. The van der Waals surface area contributed by atoms with Gasteiger partial charge in [0.15, 0.2) is 5.65 Å². The zero-order valence-electron chi connectivity index (χ0n) is 17.6. The van der Waals surface area contributed by atoms with E-state index in [4.69, 9.17) is 0 Å². The van der Waals surface area contributed by atoms with Gasteiger partial charge < -0.3 is 14.5 Å². The van der Waals surface area contributed by atoms with Gasteiger partial charge in [-0.3, -0.25) is 4.79 Å². The molecular formula is C25H19F2N5O. The summed E-state index contributed by atoms with van der Waals surface area (Å²) < 4.78 is 32.2. The number of para-hydroxylation sites is 1. The molecule has 1 aliphatic heterocycles. The lowest BCUT2D eigenvalue weighted by molar-refractivity contribution is 0.101. The number of halogens is 2. The number of fused-ring (bicyclic) bond motifs is 4. The number of imidazole rings is 1. The fraction of sp³-hybridized carbons (Fsp3) is 0.160. The number of hydrogen-bond donors (Lipinski definition) is 1. The van der Waals surface area contributed by atoms with Gasteiger partial charge in [0.25, 0.3) is 5.91 Å². The first kappa shape index (κ1) is 19.6. The first-order chi connectivity index (χ1) is 16.1. The van der Waals surface area contributed by atoms with Crippen LogP contribution in [0, 0.1) is 11.6 Å². The first-order valence-corrected chi connectivity index (χ1v) is 10.8. The molecular weight excluding hydrogens is 424 g/mol. The Balaban J connectivity index is 1.38. The number of carbonyl (C=O) groups is 1. The number of anilines is 1. The van der Waals surface area contributed by atoms with Gasteiger partial charge in [0.05, 0.1) is 17.4 Å². The molecule has 0 radical (unpaired) electrons. The molecule has 0 saturated heterocycles. The van der Waals surface area contributed by atoms with Crippen LogP contribution >= 0.6 is 0 Å². The summed E-state index contributed by atoms with van der Waals surface area (Å²) >= 11 is 0. The fourth-order valence-corrected chi connectivity index (χ4v) is 4.59. The number of rotatable bonds is 4. The monoisotopic (exact) mass is 443 g/mol. The van der Waals surface area contributed by atoms with Crippen molar-refractivity contribution in [3.8, 4) is 0 Å². The Kier molecular flexibility index (Phi) is 4.46. The molecule has 3 aromatic heterocycles. The maximum atomic E-state index is 14.7. The summed E-state index contributed by atoms with van der Waals surface area (Å²) in [6, 6.07) is 14.2. The van der Waals surface area contributed by atoms with E-state index in [9.17, 15) is 13.6 Å². The molecule has 0 fully saturated rings. The Labute approximate surface area is 187 Å². The van der Waals surface area contributed by atoms with Crippen molar-refractivity contribution in [3.05, 3.63) is 89.5 Å². The third kappa shape index (κ3) is 3.34. The van der Waals surface area contributed by atoms with Crippen LogP contribution in [-0.2, 0) is 19.5 Å². The highest BCUT2D eigenvalue weighted by molar-refractivity contribution is 6.07. The van der Waals surface area contributed by atoms with Crippen LogP contribution in [0.15, 0.2) is 60.8 Å². The van der Waals surface area contributed by atoms with E-state index in [1.807, 2.05) is 0 Å². The van der Waals surface area contributed by atoms with Crippen molar-refractivity contribution in [2.24, 2.45) is 0 Å². The summed E-state index contributed by atoms with van der Waals surface area (Å²) in [5.41, 5.74) is 3.24. The van der Waals surface area contributed by atoms with Crippen LogP contribution in [0.3, 0.4) is 0 Å². The first-order valence-electron chi connectivity index (χ1n) is 10.8. The maximum absolute atomic E-state index is 14.7. The van der Waals surface area contributed by atoms with Gasteiger partial charge in [0, 0.05) is 24.9 Å². The number of aromatic nitrogens is 4. The van der Waals surface area contributed by atoms with Crippen molar-refractivity contribution in [1.82, 2.24) is 19.1 Å². The molecule has 0 aliphatic carbocycles. The molecule has 2 aromatic carbocycles. The molecule has 164 valence electrons. The molecule has 6 nitrogen and oxygen atoms in total. The van der Waals surface area contributed by atoms with Crippen molar-refractivity contribution >= 4 is 33.7 Å². The molecule has 8 heteroatoms.